The van der Waals surface area contributed by atoms with Gasteiger partial charge in [-0.05, 0) is 33.2 Å². The molecule has 4 heteroatoms. The topological polar surface area (TPSA) is 43.8 Å². The summed E-state index contributed by atoms with van der Waals surface area (Å²) in [6, 6.07) is 0.997. The molecule has 0 amide bonds. The highest BCUT2D eigenvalue weighted by atomic mass is 16.4. The molecule has 16 heavy (non-hydrogen) atoms. The Bertz CT molecular complexity index is 231. The second-order valence-electron chi connectivity index (χ2n) is 4.90. The number of aliphatic carboxylic acids is 1. The third-order valence-electron chi connectivity index (χ3n) is 3.29. The van der Waals surface area contributed by atoms with Crippen molar-refractivity contribution >= 4 is 5.97 Å². The molecule has 1 unspecified atom stereocenters. The van der Waals surface area contributed by atoms with Crippen LogP contribution in [0.5, 0.6) is 0 Å². The molecule has 4 nitrogen and oxygen atoms in total. The molecule has 1 saturated heterocycles. The van der Waals surface area contributed by atoms with Crippen molar-refractivity contribution in [1.29, 1.82) is 0 Å². The van der Waals surface area contributed by atoms with Crippen LogP contribution in [0, 0.1) is 0 Å². The molecule has 0 aromatic heterocycles. The highest BCUT2D eigenvalue weighted by Crippen LogP contribution is 2.17. The fourth-order valence-electron chi connectivity index (χ4n) is 2.39. The van der Waals surface area contributed by atoms with Crippen LogP contribution >= 0.6 is 0 Å². The van der Waals surface area contributed by atoms with Crippen molar-refractivity contribution in [2.75, 3.05) is 26.2 Å². The fraction of sp³-hybridized carbons (Fsp3) is 0.917. The van der Waals surface area contributed by atoms with Crippen molar-refractivity contribution in [2.45, 2.75) is 45.7 Å². The molecule has 94 valence electrons. The first-order valence-electron chi connectivity index (χ1n) is 6.24. The molecule has 1 rings (SSSR count). The second kappa shape index (κ2) is 6.21. The molecule has 0 aromatic carbocycles. The Labute approximate surface area is 98.2 Å². The summed E-state index contributed by atoms with van der Waals surface area (Å²) in [6.07, 6.45) is 2.12. The summed E-state index contributed by atoms with van der Waals surface area (Å²) in [7, 11) is 0. The molecule has 1 fully saturated rings. The molecule has 0 saturated carbocycles. The first-order valence-corrected chi connectivity index (χ1v) is 6.24. The van der Waals surface area contributed by atoms with E-state index in [0.29, 0.717) is 12.1 Å². The normalized spacial score (nSPS) is 22.2. The van der Waals surface area contributed by atoms with Crippen molar-refractivity contribution in [1.82, 2.24) is 9.80 Å². The lowest BCUT2D eigenvalue weighted by atomic mass is 10.2. The standard InChI is InChI=1S/C12H24N2O2/c1-4-6-14(9-12(15)16)11-5-7-13(8-11)10(2)3/h10-11H,4-9H2,1-3H3,(H,15,16). The largest absolute Gasteiger partial charge is 0.480 e. The molecule has 1 N–H and O–H groups in total. The van der Waals surface area contributed by atoms with Crippen LogP contribution in [0.25, 0.3) is 0 Å². The first-order chi connectivity index (χ1) is 7.54. The molecule has 1 atom stereocenters. The minimum Gasteiger partial charge on any atom is -0.480 e. The first kappa shape index (κ1) is 13.5. The van der Waals surface area contributed by atoms with Gasteiger partial charge in [0.15, 0.2) is 0 Å². The maximum Gasteiger partial charge on any atom is 0.317 e. The number of carbonyl (C=O) groups is 1. The summed E-state index contributed by atoms with van der Waals surface area (Å²) in [6.45, 7) is 9.69. The van der Waals surface area contributed by atoms with Gasteiger partial charge in [0.05, 0.1) is 6.54 Å². The number of hydrogen-bond donors (Lipinski definition) is 1. The van der Waals surface area contributed by atoms with Gasteiger partial charge in [0.2, 0.25) is 0 Å². The predicted molar refractivity (Wildman–Crippen MR) is 64.6 cm³/mol. The summed E-state index contributed by atoms with van der Waals surface area (Å²) in [4.78, 5) is 15.3. The van der Waals surface area contributed by atoms with Crippen molar-refractivity contribution in [3.8, 4) is 0 Å². The lowest BCUT2D eigenvalue weighted by Crippen LogP contribution is -2.42. The Hall–Kier alpha value is -0.610. The van der Waals surface area contributed by atoms with Crippen LogP contribution in [-0.4, -0.2) is 59.1 Å². The lowest BCUT2D eigenvalue weighted by Gasteiger charge is -2.27. The number of carboxylic acid groups (broad SMARTS) is 1. The highest BCUT2D eigenvalue weighted by molar-refractivity contribution is 5.69. The quantitative estimate of drug-likeness (QED) is 0.743. The maximum atomic E-state index is 10.8. The van der Waals surface area contributed by atoms with E-state index in [1.165, 1.54) is 0 Å². The molecule has 0 aromatic rings. The minimum atomic E-state index is -0.712. The molecule has 0 radical (unpaired) electrons. The van der Waals surface area contributed by atoms with E-state index in [9.17, 15) is 4.79 Å². The van der Waals surface area contributed by atoms with Gasteiger partial charge in [0, 0.05) is 25.2 Å². The van der Waals surface area contributed by atoms with Crippen LogP contribution in [0.1, 0.15) is 33.6 Å². The van der Waals surface area contributed by atoms with Gasteiger partial charge in [-0.3, -0.25) is 14.6 Å². The van der Waals surface area contributed by atoms with Crippen molar-refractivity contribution in [3.63, 3.8) is 0 Å². The van der Waals surface area contributed by atoms with E-state index in [-0.39, 0.29) is 6.54 Å². The van der Waals surface area contributed by atoms with E-state index < -0.39 is 5.97 Å². The lowest BCUT2D eigenvalue weighted by molar-refractivity contribution is -0.138. The molecular weight excluding hydrogens is 204 g/mol. The molecule has 1 heterocycles. The second-order valence-corrected chi connectivity index (χ2v) is 4.90. The third-order valence-corrected chi connectivity index (χ3v) is 3.29. The monoisotopic (exact) mass is 228 g/mol. The maximum absolute atomic E-state index is 10.8. The van der Waals surface area contributed by atoms with Crippen LogP contribution in [0.15, 0.2) is 0 Å². The smallest absolute Gasteiger partial charge is 0.317 e. The van der Waals surface area contributed by atoms with Crippen LogP contribution in [0.2, 0.25) is 0 Å². The zero-order valence-electron chi connectivity index (χ0n) is 10.6. The summed E-state index contributed by atoms with van der Waals surface area (Å²) >= 11 is 0. The van der Waals surface area contributed by atoms with Crippen molar-refractivity contribution < 1.29 is 9.90 Å². The van der Waals surface area contributed by atoms with Gasteiger partial charge in [-0.15, -0.1) is 0 Å². The summed E-state index contributed by atoms with van der Waals surface area (Å²) in [5.74, 6) is -0.712. The van der Waals surface area contributed by atoms with E-state index in [0.717, 1.165) is 32.5 Å². The number of nitrogens with zero attached hydrogens (tertiary/aromatic N) is 2. The Morgan fingerprint density at radius 1 is 1.56 bits per heavy atom. The summed E-state index contributed by atoms with van der Waals surface area (Å²) in [5, 5.41) is 8.89. The van der Waals surface area contributed by atoms with E-state index in [2.05, 4.69) is 30.6 Å². The van der Waals surface area contributed by atoms with Gasteiger partial charge < -0.3 is 5.11 Å². The SMILES string of the molecule is CCCN(CC(=O)O)C1CCN(C(C)C)C1. The molecule has 0 spiro atoms. The van der Waals surface area contributed by atoms with E-state index in [4.69, 9.17) is 5.11 Å². The van der Waals surface area contributed by atoms with Crippen LogP contribution in [0.4, 0.5) is 0 Å². The molecule has 0 aliphatic carbocycles. The van der Waals surface area contributed by atoms with E-state index in [1.807, 2.05) is 0 Å². The van der Waals surface area contributed by atoms with Gasteiger partial charge in [-0.25, -0.2) is 0 Å². The average molecular weight is 228 g/mol. The van der Waals surface area contributed by atoms with Gasteiger partial charge in [-0.1, -0.05) is 6.92 Å². The van der Waals surface area contributed by atoms with Crippen LogP contribution < -0.4 is 0 Å². The Balaban J connectivity index is 2.49. The highest BCUT2D eigenvalue weighted by Gasteiger charge is 2.29. The Morgan fingerprint density at radius 2 is 2.25 bits per heavy atom. The summed E-state index contributed by atoms with van der Waals surface area (Å²) < 4.78 is 0. The van der Waals surface area contributed by atoms with Crippen LogP contribution in [0.3, 0.4) is 0 Å². The molecule has 1 aliphatic rings. The fourth-order valence-corrected chi connectivity index (χ4v) is 2.39. The van der Waals surface area contributed by atoms with Crippen LogP contribution in [-0.2, 0) is 4.79 Å². The number of hydrogen-bond acceptors (Lipinski definition) is 3. The summed E-state index contributed by atoms with van der Waals surface area (Å²) in [5.41, 5.74) is 0. The van der Waals surface area contributed by atoms with Crippen molar-refractivity contribution in [3.05, 3.63) is 0 Å². The number of likely N-dealkylation sites (tertiary alicyclic amines) is 1. The molecule has 1 aliphatic heterocycles. The zero-order valence-corrected chi connectivity index (χ0v) is 10.6. The number of rotatable bonds is 6. The van der Waals surface area contributed by atoms with E-state index >= 15 is 0 Å². The van der Waals surface area contributed by atoms with Gasteiger partial charge in [0.1, 0.15) is 0 Å². The number of carboxylic acids is 1. The average Bonchev–Trinajstić information content (AvgIpc) is 2.65. The Morgan fingerprint density at radius 3 is 2.69 bits per heavy atom. The van der Waals surface area contributed by atoms with Gasteiger partial charge >= 0.3 is 5.97 Å². The molecular formula is C12H24N2O2. The zero-order chi connectivity index (χ0) is 12.1. The van der Waals surface area contributed by atoms with E-state index in [1.54, 1.807) is 0 Å². The third kappa shape index (κ3) is 3.76. The predicted octanol–water partition coefficient (Wildman–Crippen LogP) is 1.27. The van der Waals surface area contributed by atoms with Gasteiger partial charge in [0.25, 0.3) is 0 Å². The van der Waals surface area contributed by atoms with Gasteiger partial charge in [-0.2, -0.15) is 0 Å². The molecule has 0 bridgehead atoms. The Kier molecular flexibility index (Phi) is 5.22. The minimum absolute atomic E-state index is 0.185. The van der Waals surface area contributed by atoms with Crippen molar-refractivity contribution in [2.24, 2.45) is 0 Å².